The van der Waals surface area contributed by atoms with Crippen molar-refractivity contribution < 1.29 is 0 Å². The molecule has 4 nitrogen and oxygen atoms in total. The second-order valence-electron chi connectivity index (χ2n) is 2.64. The lowest BCUT2D eigenvalue weighted by molar-refractivity contribution is 1.06. The summed E-state index contributed by atoms with van der Waals surface area (Å²) in [5.74, 6) is 0.435. The van der Waals surface area contributed by atoms with Crippen molar-refractivity contribution in [3.8, 4) is 0 Å². The highest BCUT2D eigenvalue weighted by molar-refractivity contribution is 8.00. The van der Waals surface area contributed by atoms with Crippen molar-refractivity contribution in [1.29, 1.82) is 0 Å². The van der Waals surface area contributed by atoms with Gasteiger partial charge in [0.25, 0.3) is 0 Å². The van der Waals surface area contributed by atoms with Crippen LogP contribution >= 0.6 is 23.1 Å². The first-order valence-electron chi connectivity index (χ1n) is 3.91. The van der Waals surface area contributed by atoms with Gasteiger partial charge in [0.2, 0.25) is 0 Å². The molecule has 0 radical (unpaired) electrons. The van der Waals surface area contributed by atoms with Gasteiger partial charge in [-0.3, -0.25) is 0 Å². The van der Waals surface area contributed by atoms with Gasteiger partial charge < -0.3 is 5.73 Å². The quantitative estimate of drug-likeness (QED) is 0.845. The van der Waals surface area contributed by atoms with E-state index in [-0.39, 0.29) is 0 Å². The summed E-state index contributed by atoms with van der Waals surface area (Å²) in [6, 6.07) is 0. The number of thiazole rings is 1. The summed E-state index contributed by atoms with van der Waals surface area (Å²) < 4.78 is 0.974. The van der Waals surface area contributed by atoms with Crippen LogP contribution in [-0.2, 0) is 0 Å². The lowest BCUT2D eigenvalue weighted by Crippen LogP contribution is -1.91. The van der Waals surface area contributed by atoms with E-state index >= 15 is 0 Å². The second-order valence-corrected chi connectivity index (χ2v) is 4.76. The maximum atomic E-state index is 5.43. The molecule has 0 amide bonds. The maximum absolute atomic E-state index is 5.43. The smallest absolute Gasteiger partial charge is 0.156 e. The Kier molecular flexibility index (Phi) is 2.64. The minimum atomic E-state index is 0.435. The van der Waals surface area contributed by atoms with Gasteiger partial charge in [-0.2, -0.15) is 0 Å². The van der Waals surface area contributed by atoms with Crippen molar-refractivity contribution in [3.05, 3.63) is 23.5 Å². The van der Waals surface area contributed by atoms with Crippen molar-refractivity contribution in [2.45, 2.75) is 16.3 Å². The summed E-state index contributed by atoms with van der Waals surface area (Å²) in [6.07, 6.45) is 3.19. The van der Waals surface area contributed by atoms with Crippen molar-refractivity contribution in [2.24, 2.45) is 0 Å². The average Bonchev–Trinajstić information content (AvgIpc) is 2.56. The van der Waals surface area contributed by atoms with E-state index in [1.165, 1.54) is 11.8 Å². The number of nitrogens with two attached hydrogens (primary N) is 1. The molecular formula is C8H8N4S2. The molecule has 2 aromatic rings. The van der Waals surface area contributed by atoms with Crippen LogP contribution in [0.15, 0.2) is 27.1 Å². The molecule has 2 aromatic heterocycles. The SMILES string of the molecule is Cc1csc(Sc2cnc(N)cn2)n1. The van der Waals surface area contributed by atoms with Crippen LogP contribution in [0.3, 0.4) is 0 Å². The summed E-state index contributed by atoms with van der Waals surface area (Å²) >= 11 is 3.10. The maximum Gasteiger partial charge on any atom is 0.156 e. The van der Waals surface area contributed by atoms with Crippen LogP contribution in [0, 0.1) is 6.92 Å². The molecule has 2 heterocycles. The van der Waals surface area contributed by atoms with E-state index in [4.69, 9.17) is 5.73 Å². The Labute approximate surface area is 89.6 Å². The number of aromatic nitrogens is 3. The Morgan fingerprint density at radius 2 is 2.21 bits per heavy atom. The van der Waals surface area contributed by atoms with E-state index in [0.29, 0.717) is 5.82 Å². The van der Waals surface area contributed by atoms with Gasteiger partial charge in [0.15, 0.2) is 4.34 Å². The molecule has 0 unspecified atom stereocenters. The molecule has 0 saturated heterocycles. The standard InChI is InChI=1S/C8H8N4S2/c1-5-4-13-8(12-5)14-7-3-10-6(9)2-11-7/h2-4H,1H3,(H2,9,10). The van der Waals surface area contributed by atoms with Gasteiger partial charge in [0.1, 0.15) is 10.8 Å². The molecule has 0 spiro atoms. The monoisotopic (exact) mass is 224 g/mol. The van der Waals surface area contributed by atoms with Crippen molar-refractivity contribution in [2.75, 3.05) is 5.73 Å². The number of hydrogen-bond acceptors (Lipinski definition) is 6. The third-order valence-electron chi connectivity index (χ3n) is 1.44. The van der Waals surface area contributed by atoms with Crippen molar-refractivity contribution in [3.63, 3.8) is 0 Å². The van der Waals surface area contributed by atoms with Crippen LogP contribution in [0.2, 0.25) is 0 Å². The van der Waals surface area contributed by atoms with Gasteiger partial charge in [-0.15, -0.1) is 11.3 Å². The van der Waals surface area contributed by atoms with Gasteiger partial charge >= 0.3 is 0 Å². The van der Waals surface area contributed by atoms with Crippen LogP contribution in [0.1, 0.15) is 5.69 Å². The van der Waals surface area contributed by atoms with Crippen LogP contribution < -0.4 is 5.73 Å². The van der Waals surface area contributed by atoms with E-state index < -0.39 is 0 Å². The van der Waals surface area contributed by atoms with E-state index in [1.807, 2.05) is 12.3 Å². The third-order valence-corrected chi connectivity index (χ3v) is 3.41. The summed E-state index contributed by atoms with van der Waals surface area (Å²) in [7, 11) is 0. The molecular weight excluding hydrogens is 216 g/mol. The molecule has 0 aliphatic heterocycles. The first kappa shape index (κ1) is 9.42. The van der Waals surface area contributed by atoms with Crippen LogP contribution in [0.4, 0.5) is 5.82 Å². The normalized spacial score (nSPS) is 10.4. The number of hydrogen-bond donors (Lipinski definition) is 1. The molecule has 6 heteroatoms. The average molecular weight is 224 g/mol. The van der Waals surface area contributed by atoms with Gasteiger partial charge in [-0.1, -0.05) is 0 Å². The fraction of sp³-hybridized carbons (Fsp3) is 0.125. The Balaban J connectivity index is 2.15. The number of rotatable bonds is 2. The third kappa shape index (κ3) is 2.21. The van der Waals surface area contributed by atoms with Crippen molar-refractivity contribution in [1.82, 2.24) is 15.0 Å². The number of nitrogens with zero attached hydrogens (tertiary/aromatic N) is 3. The van der Waals surface area contributed by atoms with E-state index in [1.54, 1.807) is 23.7 Å². The van der Waals surface area contributed by atoms with Crippen LogP contribution in [0.25, 0.3) is 0 Å². The molecule has 0 aliphatic rings. The van der Waals surface area contributed by atoms with Crippen molar-refractivity contribution >= 4 is 28.9 Å². The van der Waals surface area contributed by atoms with Gasteiger partial charge in [0.05, 0.1) is 12.4 Å². The fourth-order valence-electron chi connectivity index (χ4n) is 0.848. The Morgan fingerprint density at radius 3 is 2.79 bits per heavy atom. The summed E-state index contributed by atoms with van der Waals surface area (Å²) in [5, 5.41) is 2.82. The molecule has 0 atom stereocenters. The molecule has 14 heavy (non-hydrogen) atoms. The highest BCUT2D eigenvalue weighted by atomic mass is 32.2. The molecule has 2 rings (SSSR count). The number of aryl methyl sites for hydroxylation is 1. The van der Waals surface area contributed by atoms with E-state index in [2.05, 4.69) is 15.0 Å². The van der Waals surface area contributed by atoms with Crippen LogP contribution in [0.5, 0.6) is 0 Å². The minimum absolute atomic E-state index is 0.435. The lowest BCUT2D eigenvalue weighted by atomic mass is 10.6. The highest BCUT2D eigenvalue weighted by Crippen LogP contribution is 2.28. The second kappa shape index (κ2) is 3.93. The molecule has 0 aliphatic carbocycles. The fourth-order valence-corrected chi connectivity index (χ4v) is 2.54. The molecule has 0 saturated carbocycles. The van der Waals surface area contributed by atoms with Gasteiger partial charge in [-0.25, -0.2) is 15.0 Å². The Bertz CT molecular complexity index is 423. The van der Waals surface area contributed by atoms with Crippen LogP contribution in [-0.4, -0.2) is 15.0 Å². The van der Waals surface area contributed by atoms with Gasteiger partial charge in [-0.05, 0) is 18.7 Å². The lowest BCUT2D eigenvalue weighted by Gasteiger charge is -1.95. The molecule has 72 valence electrons. The highest BCUT2D eigenvalue weighted by Gasteiger charge is 2.02. The summed E-state index contributed by atoms with van der Waals surface area (Å²) in [4.78, 5) is 12.4. The zero-order valence-electron chi connectivity index (χ0n) is 7.47. The van der Waals surface area contributed by atoms with Gasteiger partial charge in [0, 0.05) is 11.1 Å². The summed E-state index contributed by atoms with van der Waals surface area (Å²) in [6.45, 7) is 1.97. The Hall–Kier alpha value is -1.14. The van der Waals surface area contributed by atoms with E-state index in [9.17, 15) is 0 Å². The molecule has 0 fully saturated rings. The first-order chi connectivity index (χ1) is 6.74. The molecule has 0 aromatic carbocycles. The predicted molar refractivity (Wildman–Crippen MR) is 57.4 cm³/mol. The van der Waals surface area contributed by atoms with E-state index in [0.717, 1.165) is 15.1 Å². The summed E-state index contributed by atoms with van der Waals surface area (Å²) in [5.41, 5.74) is 6.46. The largest absolute Gasteiger partial charge is 0.382 e. The first-order valence-corrected chi connectivity index (χ1v) is 5.61. The number of nitrogen functional groups attached to an aromatic ring is 1. The molecule has 2 N–H and O–H groups in total. The zero-order valence-corrected chi connectivity index (χ0v) is 9.10. The topological polar surface area (TPSA) is 64.7 Å². The minimum Gasteiger partial charge on any atom is -0.382 e. The Morgan fingerprint density at radius 1 is 1.36 bits per heavy atom. The predicted octanol–water partition coefficient (Wildman–Crippen LogP) is 1.97. The molecule has 0 bridgehead atoms. The number of anilines is 1. The zero-order chi connectivity index (χ0) is 9.97.